The van der Waals surface area contributed by atoms with Crippen molar-refractivity contribution in [2.24, 2.45) is 0 Å². The molecule has 0 unspecified atom stereocenters. The van der Waals surface area contributed by atoms with Crippen molar-refractivity contribution < 1.29 is 26.7 Å². The molecular weight excluding hydrogens is 447 g/mol. The zero-order valence-electron chi connectivity index (χ0n) is 17.8. The van der Waals surface area contributed by atoms with Gasteiger partial charge in [-0.2, -0.15) is 0 Å². The average Bonchev–Trinajstić information content (AvgIpc) is 2.79. The highest BCUT2D eigenvalue weighted by Crippen LogP contribution is 2.21. The molecule has 0 bridgehead atoms. The van der Waals surface area contributed by atoms with Crippen molar-refractivity contribution >= 4 is 10.8 Å². The highest BCUT2D eigenvalue weighted by Gasteiger charge is 2.09. The van der Waals surface area contributed by atoms with Crippen molar-refractivity contribution in [3.8, 4) is 29.4 Å². The predicted molar refractivity (Wildman–Crippen MR) is 120 cm³/mol. The van der Waals surface area contributed by atoms with Gasteiger partial charge in [0.05, 0.1) is 17.7 Å². The fourth-order valence-electron chi connectivity index (χ4n) is 3.21. The van der Waals surface area contributed by atoms with Gasteiger partial charge >= 0.3 is 0 Å². The topological polar surface area (TPSA) is 9.23 Å². The van der Waals surface area contributed by atoms with Gasteiger partial charge in [0.25, 0.3) is 0 Å². The molecule has 0 radical (unpaired) electrons. The van der Waals surface area contributed by atoms with Crippen molar-refractivity contribution in [3.05, 3.63) is 112 Å². The van der Waals surface area contributed by atoms with Crippen LogP contribution in [0.3, 0.4) is 0 Å². The molecule has 0 aliphatic carbocycles. The van der Waals surface area contributed by atoms with Crippen LogP contribution in [0.15, 0.2) is 60.7 Å². The van der Waals surface area contributed by atoms with Gasteiger partial charge in [-0.25, -0.2) is 22.0 Å². The van der Waals surface area contributed by atoms with Gasteiger partial charge in [0.1, 0.15) is 23.2 Å². The van der Waals surface area contributed by atoms with Crippen LogP contribution in [-0.4, -0.2) is 6.61 Å². The van der Waals surface area contributed by atoms with Gasteiger partial charge in [-0.1, -0.05) is 29.7 Å². The van der Waals surface area contributed by atoms with Crippen LogP contribution >= 0.6 is 0 Å². The number of hydrogen-bond donors (Lipinski definition) is 0. The minimum atomic E-state index is -1.00. The first-order valence-electron chi connectivity index (χ1n) is 10.2. The van der Waals surface area contributed by atoms with Gasteiger partial charge in [0, 0.05) is 17.2 Å². The Morgan fingerprint density at radius 3 is 1.94 bits per heavy atom. The molecule has 0 atom stereocenters. The second kappa shape index (κ2) is 9.68. The maximum atomic E-state index is 14.5. The molecule has 0 fully saturated rings. The lowest BCUT2D eigenvalue weighted by atomic mass is 10.1. The van der Waals surface area contributed by atoms with E-state index in [1.807, 2.05) is 0 Å². The van der Waals surface area contributed by atoms with E-state index in [0.717, 1.165) is 24.3 Å². The quantitative estimate of drug-likeness (QED) is 0.237. The Hall–Kier alpha value is -4.29. The largest absolute Gasteiger partial charge is 0.494 e. The second-order valence-corrected chi connectivity index (χ2v) is 7.22. The maximum absolute atomic E-state index is 14.5. The Kier molecular flexibility index (Phi) is 6.52. The van der Waals surface area contributed by atoms with Crippen LogP contribution in [0.4, 0.5) is 22.0 Å². The van der Waals surface area contributed by atoms with E-state index in [-0.39, 0.29) is 11.1 Å². The average molecular weight is 462 g/mol. The van der Waals surface area contributed by atoms with Crippen molar-refractivity contribution in [1.29, 1.82) is 0 Å². The fourth-order valence-corrected chi connectivity index (χ4v) is 3.21. The summed E-state index contributed by atoms with van der Waals surface area (Å²) in [5, 5.41) is 0.868. The molecule has 168 valence electrons. The summed E-state index contributed by atoms with van der Waals surface area (Å²) >= 11 is 0. The SMILES string of the molecule is CCOc1ccc(C#Cc2cc(F)c(C#Cc3ccc4cc(F)c(F)cc4c3)c(F)c2)c(F)c1. The zero-order valence-corrected chi connectivity index (χ0v) is 17.8. The predicted octanol–water partition coefficient (Wildman–Crippen LogP) is 6.73. The van der Waals surface area contributed by atoms with Crippen molar-refractivity contribution in [1.82, 2.24) is 0 Å². The summed E-state index contributed by atoms with van der Waals surface area (Å²) < 4.78 is 75.1. The molecule has 0 N–H and O–H groups in total. The molecule has 0 aromatic heterocycles. The van der Waals surface area contributed by atoms with Gasteiger partial charge < -0.3 is 4.74 Å². The Morgan fingerprint density at radius 1 is 0.588 bits per heavy atom. The summed E-state index contributed by atoms with van der Waals surface area (Å²) in [4.78, 5) is 0. The van der Waals surface area contributed by atoms with E-state index in [2.05, 4.69) is 23.7 Å². The molecule has 0 amide bonds. The Bertz CT molecular complexity index is 1510. The number of hydrogen-bond acceptors (Lipinski definition) is 1. The van der Waals surface area contributed by atoms with E-state index in [9.17, 15) is 22.0 Å². The van der Waals surface area contributed by atoms with Crippen LogP contribution in [0.5, 0.6) is 5.75 Å². The molecule has 0 saturated heterocycles. The lowest BCUT2D eigenvalue weighted by Crippen LogP contribution is -1.94. The molecule has 0 aliphatic heterocycles. The molecule has 34 heavy (non-hydrogen) atoms. The summed E-state index contributed by atoms with van der Waals surface area (Å²) in [6.45, 7) is 2.16. The molecule has 0 heterocycles. The molecule has 1 nitrogen and oxygen atoms in total. The zero-order chi connectivity index (χ0) is 24.2. The lowest BCUT2D eigenvalue weighted by Gasteiger charge is -2.03. The normalized spacial score (nSPS) is 10.3. The van der Waals surface area contributed by atoms with E-state index >= 15 is 0 Å². The number of fused-ring (bicyclic) bond motifs is 1. The summed E-state index contributed by atoms with van der Waals surface area (Å²) in [5.74, 6) is 6.05. The lowest BCUT2D eigenvalue weighted by molar-refractivity contribution is 0.338. The Morgan fingerprint density at radius 2 is 1.26 bits per heavy atom. The molecule has 4 rings (SSSR count). The van der Waals surface area contributed by atoms with Crippen molar-refractivity contribution in [3.63, 3.8) is 0 Å². The first kappa shape index (κ1) is 22.9. The van der Waals surface area contributed by atoms with E-state index in [1.165, 1.54) is 30.3 Å². The monoisotopic (exact) mass is 462 g/mol. The summed E-state index contributed by atoms with van der Waals surface area (Å²) in [5.41, 5.74) is -0.0341. The molecule has 0 aliphatic rings. The molecule has 0 saturated carbocycles. The molecule has 4 aromatic rings. The number of ether oxygens (including phenoxy) is 1. The van der Waals surface area contributed by atoms with E-state index in [4.69, 9.17) is 4.74 Å². The molecule has 4 aromatic carbocycles. The van der Waals surface area contributed by atoms with Crippen molar-refractivity contribution in [2.45, 2.75) is 6.92 Å². The van der Waals surface area contributed by atoms with Gasteiger partial charge in [0.2, 0.25) is 0 Å². The first-order chi connectivity index (χ1) is 16.3. The first-order valence-corrected chi connectivity index (χ1v) is 10.2. The van der Waals surface area contributed by atoms with Crippen LogP contribution < -0.4 is 4.74 Å². The van der Waals surface area contributed by atoms with Gasteiger partial charge in [-0.05, 0) is 66.2 Å². The number of benzene rings is 4. The Balaban J connectivity index is 1.60. The maximum Gasteiger partial charge on any atom is 0.159 e. The molecule has 6 heteroatoms. The molecular formula is C28H15F5O. The minimum absolute atomic E-state index is 0.0111. The smallest absolute Gasteiger partial charge is 0.159 e. The number of halogens is 5. The van der Waals surface area contributed by atoms with Crippen LogP contribution in [0.1, 0.15) is 29.2 Å². The third-order valence-corrected chi connectivity index (χ3v) is 4.85. The second-order valence-electron chi connectivity index (χ2n) is 7.22. The third kappa shape index (κ3) is 5.03. The fraction of sp³-hybridized carbons (Fsp3) is 0.0714. The van der Waals surface area contributed by atoms with Crippen molar-refractivity contribution in [2.75, 3.05) is 6.61 Å². The van der Waals surface area contributed by atoms with Crippen LogP contribution in [-0.2, 0) is 0 Å². The van der Waals surface area contributed by atoms with Crippen LogP contribution in [0.2, 0.25) is 0 Å². The van der Waals surface area contributed by atoms with E-state index in [0.29, 0.717) is 28.7 Å². The van der Waals surface area contributed by atoms with Crippen LogP contribution in [0.25, 0.3) is 10.8 Å². The Labute approximate surface area is 192 Å². The summed E-state index contributed by atoms with van der Waals surface area (Å²) in [7, 11) is 0. The van der Waals surface area contributed by atoms with Gasteiger partial charge in [-0.3, -0.25) is 0 Å². The van der Waals surface area contributed by atoms with Gasteiger partial charge in [0.15, 0.2) is 11.6 Å². The summed E-state index contributed by atoms with van der Waals surface area (Å²) in [6, 6.07) is 12.8. The number of rotatable bonds is 2. The van der Waals surface area contributed by atoms with Gasteiger partial charge in [-0.15, -0.1) is 0 Å². The standard InChI is InChI=1S/C28H15F5O/c1-2-34-22-9-8-19(24(29)16-22)6-4-18-12-25(30)23(26(31)13-18)10-5-17-3-7-20-14-27(32)28(33)15-21(20)11-17/h3,7-9,11-16H,2H2,1H3. The summed E-state index contributed by atoms with van der Waals surface area (Å²) in [6.07, 6.45) is 0. The minimum Gasteiger partial charge on any atom is -0.494 e. The highest BCUT2D eigenvalue weighted by molar-refractivity contribution is 5.84. The van der Waals surface area contributed by atoms with E-state index in [1.54, 1.807) is 13.0 Å². The highest BCUT2D eigenvalue weighted by atomic mass is 19.2. The molecule has 0 spiro atoms. The van der Waals surface area contributed by atoms with E-state index < -0.39 is 34.6 Å². The third-order valence-electron chi connectivity index (χ3n) is 4.85. The van der Waals surface area contributed by atoms with Crippen LogP contribution in [0, 0.1) is 52.8 Å².